The summed E-state index contributed by atoms with van der Waals surface area (Å²) in [6, 6.07) is 6.47. The second-order valence-corrected chi connectivity index (χ2v) is 5.26. The molecule has 18 heavy (non-hydrogen) atoms. The van der Waals surface area contributed by atoms with Crippen molar-refractivity contribution in [1.29, 1.82) is 0 Å². The first kappa shape index (κ1) is 11.8. The topological polar surface area (TPSA) is 30.5 Å². The van der Waals surface area contributed by atoms with E-state index in [0.29, 0.717) is 19.1 Å². The van der Waals surface area contributed by atoms with Crippen molar-refractivity contribution in [1.82, 2.24) is 5.32 Å². The Morgan fingerprint density at radius 2 is 2.00 bits per heavy atom. The van der Waals surface area contributed by atoms with Crippen LogP contribution in [0.3, 0.4) is 0 Å². The highest BCUT2D eigenvalue weighted by atomic mass is 16.6. The molecule has 1 saturated carbocycles. The van der Waals surface area contributed by atoms with Gasteiger partial charge in [0, 0.05) is 0 Å². The normalized spacial score (nSPS) is 26.3. The highest BCUT2D eigenvalue weighted by Crippen LogP contribution is 2.42. The molecular weight excluding hydrogens is 226 g/mol. The van der Waals surface area contributed by atoms with Crippen molar-refractivity contribution in [3.8, 4) is 11.5 Å². The van der Waals surface area contributed by atoms with Crippen LogP contribution in [-0.4, -0.2) is 26.8 Å². The van der Waals surface area contributed by atoms with E-state index in [9.17, 15) is 0 Å². The highest BCUT2D eigenvalue weighted by Gasteiger charge is 2.28. The molecule has 1 heterocycles. The third kappa shape index (κ3) is 2.19. The summed E-state index contributed by atoms with van der Waals surface area (Å²) < 4.78 is 11.3. The van der Waals surface area contributed by atoms with Crippen molar-refractivity contribution in [3.63, 3.8) is 0 Å². The van der Waals surface area contributed by atoms with E-state index in [0.717, 1.165) is 24.0 Å². The van der Waals surface area contributed by atoms with Crippen LogP contribution < -0.4 is 14.8 Å². The molecule has 2 atom stereocenters. The van der Waals surface area contributed by atoms with Gasteiger partial charge < -0.3 is 14.8 Å². The van der Waals surface area contributed by atoms with Crippen molar-refractivity contribution in [2.24, 2.45) is 5.92 Å². The first-order chi connectivity index (χ1) is 8.88. The summed E-state index contributed by atoms with van der Waals surface area (Å²) in [5, 5.41) is 3.32. The van der Waals surface area contributed by atoms with Gasteiger partial charge in [0.25, 0.3) is 0 Å². The van der Waals surface area contributed by atoms with Gasteiger partial charge in [-0.2, -0.15) is 0 Å². The lowest BCUT2D eigenvalue weighted by atomic mass is 9.88. The number of nitrogens with one attached hydrogen (secondary N) is 1. The van der Waals surface area contributed by atoms with Gasteiger partial charge in [-0.05, 0) is 56.0 Å². The average Bonchev–Trinajstić information content (AvgIpc) is 2.87. The van der Waals surface area contributed by atoms with Crippen molar-refractivity contribution in [3.05, 3.63) is 23.8 Å². The largest absolute Gasteiger partial charge is 0.486 e. The van der Waals surface area contributed by atoms with E-state index in [4.69, 9.17) is 9.47 Å². The molecule has 3 nitrogen and oxygen atoms in total. The van der Waals surface area contributed by atoms with Crippen LogP contribution in [0.1, 0.15) is 30.7 Å². The molecule has 1 aliphatic carbocycles. The summed E-state index contributed by atoms with van der Waals surface area (Å²) in [4.78, 5) is 0. The first-order valence-corrected chi connectivity index (χ1v) is 6.92. The molecule has 3 heteroatoms. The zero-order chi connectivity index (χ0) is 12.4. The Morgan fingerprint density at radius 1 is 1.17 bits per heavy atom. The number of benzene rings is 1. The smallest absolute Gasteiger partial charge is 0.161 e. The van der Waals surface area contributed by atoms with Gasteiger partial charge in [-0.15, -0.1) is 0 Å². The fourth-order valence-electron chi connectivity index (χ4n) is 3.27. The highest BCUT2D eigenvalue weighted by molar-refractivity contribution is 5.45. The zero-order valence-electron chi connectivity index (χ0n) is 10.9. The minimum absolute atomic E-state index is 0.665. The number of rotatable bonds is 3. The number of hydrogen-bond acceptors (Lipinski definition) is 3. The Balaban J connectivity index is 1.83. The Kier molecular flexibility index (Phi) is 3.41. The van der Waals surface area contributed by atoms with Gasteiger partial charge in [0.15, 0.2) is 11.5 Å². The Morgan fingerprint density at radius 3 is 2.83 bits per heavy atom. The van der Waals surface area contributed by atoms with Crippen molar-refractivity contribution in [2.45, 2.75) is 25.2 Å². The molecule has 1 aliphatic heterocycles. The van der Waals surface area contributed by atoms with Crippen LogP contribution in [0, 0.1) is 5.92 Å². The van der Waals surface area contributed by atoms with E-state index in [-0.39, 0.29) is 0 Å². The monoisotopic (exact) mass is 247 g/mol. The van der Waals surface area contributed by atoms with Gasteiger partial charge >= 0.3 is 0 Å². The van der Waals surface area contributed by atoms with Gasteiger partial charge in [-0.3, -0.25) is 0 Å². The van der Waals surface area contributed by atoms with E-state index in [1.165, 1.54) is 24.8 Å². The SMILES string of the molecule is CNCC1CCCC1c1ccc2c(c1)OCCO2. The Bertz CT molecular complexity index is 419. The van der Waals surface area contributed by atoms with Gasteiger partial charge in [-0.1, -0.05) is 12.5 Å². The maximum absolute atomic E-state index is 5.68. The average molecular weight is 247 g/mol. The molecule has 2 unspecified atom stereocenters. The van der Waals surface area contributed by atoms with Crippen LogP contribution in [0.15, 0.2) is 18.2 Å². The molecule has 1 aromatic carbocycles. The van der Waals surface area contributed by atoms with Gasteiger partial charge in [0.05, 0.1) is 0 Å². The Hall–Kier alpha value is -1.22. The molecule has 2 aliphatic rings. The van der Waals surface area contributed by atoms with Crippen molar-refractivity contribution < 1.29 is 9.47 Å². The fraction of sp³-hybridized carbons (Fsp3) is 0.600. The van der Waals surface area contributed by atoms with Crippen LogP contribution in [-0.2, 0) is 0 Å². The molecular formula is C15H21NO2. The van der Waals surface area contributed by atoms with E-state index < -0.39 is 0 Å². The summed E-state index contributed by atoms with van der Waals surface area (Å²) in [5.74, 6) is 3.26. The molecule has 3 rings (SSSR count). The van der Waals surface area contributed by atoms with Crippen LogP contribution in [0.25, 0.3) is 0 Å². The quantitative estimate of drug-likeness (QED) is 0.890. The molecule has 0 aromatic heterocycles. The zero-order valence-corrected chi connectivity index (χ0v) is 10.9. The maximum atomic E-state index is 5.68. The lowest BCUT2D eigenvalue weighted by molar-refractivity contribution is 0.171. The van der Waals surface area contributed by atoms with Crippen molar-refractivity contribution >= 4 is 0 Å². The van der Waals surface area contributed by atoms with Crippen LogP contribution in [0.2, 0.25) is 0 Å². The number of fused-ring (bicyclic) bond motifs is 1. The summed E-state index contributed by atoms with van der Waals surface area (Å²) in [5.41, 5.74) is 1.41. The minimum atomic E-state index is 0.665. The summed E-state index contributed by atoms with van der Waals surface area (Å²) in [7, 11) is 2.04. The van der Waals surface area contributed by atoms with Gasteiger partial charge in [0.2, 0.25) is 0 Å². The molecule has 1 fully saturated rings. The fourth-order valence-corrected chi connectivity index (χ4v) is 3.27. The van der Waals surface area contributed by atoms with E-state index in [1.54, 1.807) is 0 Å². The van der Waals surface area contributed by atoms with Gasteiger partial charge in [-0.25, -0.2) is 0 Å². The molecule has 98 valence electrons. The summed E-state index contributed by atoms with van der Waals surface area (Å²) >= 11 is 0. The molecule has 0 spiro atoms. The first-order valence-electron chi connectivity index (χ1n) is 6.92. The minimum Gasteiger partial charge on any atom is -0.486 e. The molecule has 1 aromatic rings. The van der Waals surface area contributed by atoms with E-state index in [2.05, 4.69) is 23.5 Å². The second kappa shape index (κ2) is 5.19. The molecule has 0 saturated heterocycles. The third-order valence-corrected chi connectivity index (χ3v) is 4.12. The molecule has 0 amide bonds. The maximum Gasteiger partial charge on any atom is 0.161 e. The Labute approximate surface area is 108 Å². The van der Waals surface area contributed by atoms with Crippen LogP contribution in [0.4, 0.5) is 0 Å². The second-order valence-electron chi connectivity index (χ2n) is 5.26. The van der Waals surface area contributed by atoms with Crippen LogP contribution in [0.5, 0.6) is 11.5 Å². The third-order valence-electron chi connectivity index (χ3n) is 4.12. The lowest BCUT2D eigenvalue weighted by Crippen LogP contribution is -2.21. The molecule has 1 N–H and O–H groups in total. The number of ether oxygens (including phenoxy) is 2. The van der Waals surface area contributed by atoms with Gasteiger partial charge in [0.1, 0.15) is 13.2 Å². The molecule has 0 radical (unpaired) electrons. The predicted molar refractivity (Wildman–Crippen MR) is 71.4 cm³/mol. The standard InChI is InChI=1S/C15H21NO2/c1-16-10-12-3-2-4-13(12)11-5-6-14-15(9-11)18-8-7-17-14/h5-6,9,12-13,16H,2-4,7-8,10H2,1H3. The van der Waals surface area contributed by atoms with E-state index in [1.807, 2.05) is 7.05 Å². The lowest BCUT2D eigenvalue weighted by Gasteiger charge is -2.23. The van der Waals surface area contributed by atoms with Crippen LogP contribution >= 0.6 is 0 Å². The summed E-state index contributed by atoms with van der Waals surface area (Å²) in [6.07, 6.45) is 3.97. The molecule has 0 bridgehead atoms. The van der Waals surface area contributed by atoms with Crippen molar-refractivity contribution in [2.75, 3.05) is 26.8 Å². The predicted octanol–water partition coefficient (Wildman–Crippen LogP) is 2.56. The van der Waals surface area contributed by atoms with E-state index >= 15 is 0 Å². The number of hydrogen-bond donors (Lipinski definition) is 1. The summed E-state index contributed by atoms with van der Waals surface area (Å²) in [6.45, 7) is 2.44.